The molecular formula is C17H15FN2O. The summed E-state index contributed by atoms with van der Waals surface area (Å²) in [5, 5.41) is 0.791. The van der Waals surface area contributed by atoms with Crippen LogP contribution in [-0.2, 0) is 0 Å². The van der Waals surface area contributed by atoms with E-state index in [4.69, 9.17) is 5.73 Å². The van der Waals surface area contributed by atoms with Gasteiger partial charge in [-0.1, -0.05) is 18.2 Å². The molecule has 0 aliphatic rings. The lowest BCUT2D eigenvalue weighted by Crippen LogP contribution is -2.08. The van der Waals surface area contributed by atoms with Crippen LogP contribution in [0, 0.1) is 19.7 Å². The van der Waals surface area contributed by atoms with Gasteiger partial charge in [-0.25, -0.2) is 4.39 Å². The molecule has 0 saturated heterocycles. The lowest BCUT2D eigenvalue weighted by molar-refractivity contribution is 0.103. The molecule has 0 amide bonds. The third-order valence-corrected chi connectivity index (χ3v) is 3.64. The van der Waals surface area contributed by atoms with Gasteiger partial charge in [-0.2, -0.15) is 0 Å². The van der Waals surface area contributed by atoms with E-state index < -0.39 is 5.82 Å². The topological polar surface area (TPSA) is 58.9 Å². The molecular weight excluding hydrogens is 267 g/mol. The predicted octanol–water partition coefficient (Wildman–Crippen LogP) is 3.74. The molecule has 0 aliphatic carbocycles. The zero-order valence-electron chi connectivity index (χ0n) is 11.8. The van der Waals surface area contributed by atoms with Gasteiger partial charge in [0.1, 0.15) is 5.82 Å². The Bertz CT molecular complexity index is 865. The van der Waals surface area contributed by atoms with E-state index in [1.54, 1.807) is 6.92 Å². The molecule has 0 aliphatic heterocycles. The average Bonchev–Trinajstić information content (AvgIpc) is 2.78. The Kier molecular flexibility index (Phi) is 3.01. The second kappa shape index (κ2) is 4.74. The van der Waals surface area contributed by atoms with E-state index >= 15 is 0 Å². The lowest BCUT2D eigenvalue weighted by Gasteiger charge is -2.07. The number of aryl methyl sites for hydroxylation is 2. The smallest absolute Gasteiger partial charge is 0.198 e. The fourth-order valence-electron chi connectivity index (χ4n) is 2.67. The van der Waals surface area contributed by atoms with Gasteiger partial charge < -0.3 is 10.7 Å². The second-order valence-corrected chi connectivity index (χ2v) is 5.20. The van der Waals surface area contributed by atoms with Crippen molar-refractivity contribution in [3.63, 3.8) is 0 Å². The molecule has 3 rings (SSSR count). The zero-order valence-corrected chi connectivity index (χ0v) is 11.8. The summed E-state index contributed by atoms with van der Waals surface area (Å²) in [6.07, 6.45) is 0. The van der Waals surface area contributed by atoms with Crippen molar-refractivity contribution in [2.45, 2.75) is 13.8 Å². The Labute approximate surface area is 121 Å². The minimum atomic E-state index is -0.515. The Hall–Kier alpha value is -2.62. The number of H-pyrrole nitrogens is 1. The van der Waals surface area contributed by atoms with Crippen LogP contribution in [-0.4, -0.2) is 10.8 Å². The molecule has 0 radical (unpaired) electrons. The number of carbonyl (C=O) groups is 1. The summed E-state index contributed by atoms with van der Waals surface area (Å²) in [6.45, 7) is 3.41. The first-order valence-corrected chi connectivity index (χ1v) is 6.66. The number of carbonyl (C=O) groups excluding carboxylic acids is 1. The molecule has 106 valence electrons. The number of aromatic nitrogens is 1. The number of nitrogens with two attached hydrogens (primary N) is 1. The number of nitrogen functional groups attached to an aromatic ring is 1. The van der Waals surface area contributed by atoms with E-state index in [-0.39, 0.29) is 11.3 Å². The first-order valence-electron chi connectivity index (χ1n) is 6.66. The highest BCUT2D eigenvalue weighted by Crippen LogP contribution is 2.27. The third kappa shape index (κ3) is 2.09. The van der Waals surface area contributed by atoms with Gasteiger partial charge in [0.2, 0.25) is 0 Å². The summed E-state index contributed by atoms with van der Waals surface area (Å²) in [5.41, 5.74) is 8.59. The maximum atomic E-state index is 14.3. The Morgan fingerprint density at radius 1 is 1.19 bits per heavy atom. The molecule has 2 aromatic carbocycles. The Morgan fingerprint density at radius 3 is 2.67 bits per heavy atom. The number of hydrogen-bond acceptors (Lipinski definition) is 2. The van der Waals surface area contributed by atoms with Gasteiger partial charge in [0.05, 0.1) is 11.1 Å². The number of nitrogens with one attached hydrogen (secondary N) is 1. The van der Waals surface area contributed by atoms with Crippen molar-refractivity contribution in [3.05, 3.63) is 64.6 Å². The molecule has 3 N–H and O–H groups in total. The minimum absolute atomic E-state index is 0.0142. The van der Waals surface area contributed by atoms with Crippen LogP contribution in [0.15, 0.2) is 36.4 Å². The molecule has 0 saturated carbocycles. The van der Waals surface area contributed by atoms with Gasteiger partial charge in [0, 0.05) is 22.3 Å². The van der Waals surface area contributed by atoms with E-state index in [1.807, 2.05) is 31.2 Å². The standard InChI is InChI=1S/C17H15FN2O/c1-9-7-11(19)8-13(16(9)18)17(21)15-10(2)20-14-6-4-3-5-12(14)15/h3-8,20H,19H2,1-2H3. The maximum absolute atomic E-state index is 14.3. The van der Waals surface area contributed by atoms with Gasteiger partial charge >= 0.3 is 0 Å². The van der Waals surface area contributed by atoms with Crippen molar-refractivity contribution in [3.8, 4) is 0 Å². The number of anilines is 1. The van der Waals surface area contributed by atoms with Crippen LogP contribution in [0.3, 0.4) is 0 Å². The van der Waals surface area contributed by atoms with E-state index in [2.05, 4.69) is 4.98 Å². The number of para-hydroxylation sites is 1. The van der Waals surface area contributed by atoms with Crippen LogP contribution in [0.2, 0.25) is 0 Å². The third-order valence-electron chi connectivity index (χ3n) is 3.64. The molecule has 1 heterocycles. The average molecular weight is 282 g/mol. The quantitative estimate of drug-likeness (QED) is 0.555. The monoisotopic (exact) mass is 282 g/mol. The predicted molar refractivity (Wildman–Crippen MR) is 82.0 cm³/mol. The van der Waals surface area contributed by atoms with Gasteiger partial charge in [0.15, 0.2) is 5.78 Å². The summed E-state index contributed by atoms with van der Waals surface area (Å²) >= 11 is 0. The van der Waals surface area contributed by atoms with Gasteiger partial charge in [-0.15, -0.1) is 0 Å². The summed E-state index contributed by atoms with van der Waals surface area (Å²) in [7, 11) is 0. The first-order chi connectivity index (χ1) is 9.99. The lowest BCUT2D eigenvalue weighted by atomic mass is 9.98. The number of benzene rings is 2. The Balaban J connectivity index is 2.24. The molecule has 3 nitrogen and oxygen atoms in total. The SMILES string of the molecule is Cc1cc(N)cc(C(=O)c2c(C)[nH]c3ccccc23)c1F. The molecule has 0 atom stereocenters. The van der Waals surface area contributed by atoms with Crippen LogP contribution < -0.4 is 5.73 Å². The van der Waals surface area contributed by atoms with Gasteiger partial charge in [-0.05, 0) is 37.6 Å². The fourth-order valence-corrected chi connectivity index (χ4v) is 2.67. The normalized spacial score (nSPS) is 11.0. The van der Waals surface area contributed by atoms with Crippen molar-refractivity contribution < 1.29 is 9.18 Å². The molecule has 0 unspecified atom stereocenters. The summed E-state index contributed by atoms with van der Waals surface area (Å²) < 4.78 is 14.3. The van der Waals surface area contributed by atoms with E-state index in [9.17, 15) is 9.18 Å². The summed E-state index contributed by atoms with van der Waals surface area (Å²) in [5.74, 6) is -0.864. The van der Waals surface area contributed by atoms with Crippen LogP contribution in [0.25, 0.3) is 10.9 Å². The van der Waals surface area contributed by atoms with Crippen LogP contribution in [0.5, 0.6) is 0 Å². The second-order valence-electron chi connectivity index (χ2n) is 5.20. The number of rotatable bonds is 2. The summed E-state index contributed by atoms with van der Waals surface area (Å²) in [4.78, 5) is 15.9. The molecule has 0 fully saturated rings. The molecule has 1 aromatic heterocycles. The number of fused-ring (bicyclic) bond motifs is 1. The number of ketones is 1. The molecule has 21 heavy (non-hydrogen) atoms. The van der Waals surface area contributed by atoms with E-state index in [0.717, 1.165) is 16.6 Å². The van der Waals surface area contributed by atoms with Crippen molar-refractivity contribution in [2.75, 3.05) is 5.73 Å². The van der Waals surface area contributed by atoms with Gasteiger partial charge in [0.25, 0.3) is 0 Å². The van der Waals surface area contributed by atoms with Crippen molar-refractivity contribution in [1.29, 1.82) is 0 Å². The molecule has 4 heteroatoms. The number of halogens is 1. The highest BCUT2D eigenvalue weighted by Gasteiger charge is 2.21. The minimum Gasteiger partial charge on any atom is -0.399 e. The summed E-state index contributed by atoms with van der Waals surface area (Å²) in [6, 6.07) is 10.4. The van der Waals surface area contributed by atoms with Gasteiger partial charge in [-0.3, -0.25) is 4.79 Å². The Morgan fingerprint density at radius 2 is 1.90 bits per heavy atom. The molecule has 0 bridgehead atoms. The van der Waals surface area contributed by atoms with Crippen molar-refractivity contribution in [1.82, 2.24) is 4.98 Å². The van der Waals surface area contributed by atoms with Crippen molar-refractivity contribution in [2.24, 2.45) is 0 Å². The van der Waals surface area contributed by atoms with Crippen LogP contribution in [0.4, 0.5) is 10.1 Å². The van der Waals surface area contributed by atoms with Crippen LogP contribution in [0.1, 0.15) is 27.2 Å². The van der Waals surface area contributed by atoms with Crippen LogP contribution >= 0.6 is 0 Å². The largest absolute Gasteiger partial charge is 0.399 e. The van der Waals surface area contributed by atoms with Crippen molar-refractivity contribution >= 4 is 22.4 Å². The molecule has 3 aromatic rings. The highest BCUT2D eigenvalue weighted by atomic mass is 19.1. The van der Waals surface area contributed by atoms with E-state index in [1.165, 1.54) is 12.1 Å². The number of aromatic amines is 1. The fraction of sp³-hybridized carbons (Fsp3) is 0.118. The number of hydrogen-bond donors (Lipinski definition) is 2. The zero-order chi connectivity index (χ0) is 15.1. The van der Waals surface area contributed by atoms with E-state index in [0.29, 0.717) is 16.8 Å². The first kappa shape index (κ1) is 13.4. The molecule has 0 spiro atoms. The highest BCUT2D eigenvalue weighted by molar-refractivity contribution is 6.17. The maximum Gasteiger partial charge on any atom is 0.198 e.